The van der Waals surface area contributed by atoms with Gasteiger partial charge in [0.15, 0.2) is 0 Å². The van der Waals surface area contributed by atoms with Crippen molar-refractivity contribution in [2.45, 2.75) is 121 Å². The lowest BCUT2D eigenvalue weighted by Crippen LogP contribution is -2.60. The summed E-state index contributed by atoms with van der Waals surface area (Å²) in [6.45, 7) is 9.88. The van der Waals surface area contributed by atoms with E-state index in [-0.39, 0.29) is 26.0 Å². The minimum atomic E-state index is -3.90. The molecule has 0 unspecified atom stereocenters. The van der Waals surface area contributed by atoms with Gasteiger partial charge in [0.2, 0.25) is 21.8 Å². The van der Waals surface area contributed by atoms with Crippen molar-refractivity contribution >= 4 is 39.9 Å². The Morgan fingerprint density at radius 1 is 1.06 bits per heavy atom. The first-order valence-corrected chi connectivity index (χ1v) is 19.5. The number of rotatable bonds is 6. The highest BCUT2D eigenvalue weighted by atomic mass is 32.2. The minimum absolute atomic E-state index is 0.0759. The molecule has 3 heterocycles. The molecule has 1 aromatic rings. The topological polar surface area (TPSA) is 181 Å². The Bertz CT molecular complexity index is 1700. The molecule has 1 saturated heterocycles. The molecule has 2 saturated carbocycles. The summed E-state index contributed by atoms with van der Waals surface area (Å²) in [5, 5.41) is 4.80. The summed E-state index contributed by atoms with van der Waals surface area (Å²) in [6.07, 6.45) is 4.48. The van der Waals surface area contributed by atoms with E-state index in [4.69, 9.17) is 9.47 Å². The fourth-order valence-electron chi connectivity index (χ4n) is 7.38. The van der Waals surface area contributed by atoms with Crippen molar-refractivity contribution in [3.05, 3.63) is 47.5 Å². The van der Waals surface area contributed by atoms with Crippen LogP contribution in [-0.2, 0) is 53.4 Å². The highest BCUT2D eigenvalue weighted by Gasteiger charge is 2.62. The van der Waals surface area contributed by atoms with Gasteiger partial charge in [-0.15, -0.1) is 6.58 Å². The second kappa shape index (κ2) is 14.1. The second-order valence-corrected chi connectivity index (χ2v) is 17.5. The number of sulfonamides is 1. The average Bonchev–Trinajstić information content (AvgIpc) is 3.96. The number of carbonyl (C=O) groups is 5. The predicted octanol–water partition coefficient (Wildman–Crippen LogP) is 3.04. The third-order valence-electron chi connectivity index (χ3n) is 10.7. The highest BCUT2D eigenvalue weighted by molar-refractivity contribution is 7.91. The number of alkyl carbamates (subject to hydrolysis) is 1. The molecule has 14 nitrogen and oxygen atoms in total. The second-order valence-electron chi connectivity index (χ2n) is 15.6. The lowest BCUT2D eigenvalue weighted by atomic mass is 9.85. The quantitative estimate of drug-likeness (QED) is 0.372. The van der Waals surface area contributed by atoms with Crippen molar-refractivity contribution in [1.29, 1.82) is 0 Å². The molecule has 0 spiro atoms. The molecule has 5 amide bonds. The van der Waals surface area contributed by atoms with Crippen molar-refractivity contribution in [2.24, 2.45) is 11.3 Å². The van der Waals surface area contributed by atoms with Gasteiger partial charge in [0.05, 0.1) is 18.4 Å². The van der Waals surface area contributed by atoms with E-state index in [1.807, 2.05) is 12.1 Å². The zero-order chi connectivity index (χ0) is 36.7. The molecule has 6 rings (SSSR count). The number of nitrogens with one attached hydrogen (secondary N) is 3. The number of nitrogens with zero attached hydrogens (tertiary/aromatic N) is 2. The molecule has 2 aliphatic carbocycles. The first-order valence-electron chi connectivity index (χ1n) is 17.9. The summed E-state index contributed by atoms with van der Waals surface area (Å²) < 4.78 is 38.8. The number of cyclic esters (lactones) is 1. The molecule has 0 aromatic heterocycles. The van der Waals surface area contributed by atoms with E-state index in [9.17, 15) is 32.4 Å². The predicted molar refractivity (Wildman–Crippen MR) is 185 cm³/mol. The van der Waals surface area contributed by atoms with Gasteiger partial charge in [-0.1, -0.05) is 57.9 Å². The lowest BCUT2D eigenvalue weighted by molar-refractivity contribution is -0.142. The van der Waals surface area contributed by atoms with Gasteiger partial charge in [0, 0.05) is 25.4 Å². The van der Waals surface area contributed by atoms with Crippen LogP contribution in [0.1, 0.15) is 88.8 Å². The van der Waals surface area contributed by atoms with Crippen LogP contribution in [0.4, 0.5) is 9.59 Å². The maximum Gasteiger partial charge on any atom is 0.410 e. The normalized spacial score (nSPS) is 29.0. The van der Waals surface area contributed by atoms with Crippen LogP contribution in [0.25, 0.3) is 0 Å². The van der Waals surface area contributed by atoms with Gasteiger partial charge in [-0.2, -0.15) is 0 Å². The number of benzene rings is 1. The maximum absolute atomic E-state index is 14.4. The third-order valence-corrected chi connectivity index (χ3v) is 12.5. The molecule has 15 heteroatoms. The Balaban J connectivity index is 1.26. The molecule has 0 radical (unpaired) electrons. The van der Waals surface area contributed by atoms with E-state index in [1.54, 1.807) is 25.7 Å². The van der Waals surface area contributed by atoms with E-state index in [0.717, 1.165) is 36.8 Å². The molecule has 5 atom stereocenters. The fourth-order valence-corrected chi connectivity index (χ4v) is 8.74. The summed E-state index contributed by atoms with van der Waals surface area (Å²) in [6, 6.07) is 3.75. The van der Waals surface area contributed by atoms with Gasteiger partial charge in [-0.25, -0.2) is 18.0 Å². The zero-order valence-corrected chi connectivity index (χ0v) is 30.4. The van der Waals surface area contributed by atoms with Crippen LogP contribution in [0.3, 0.4) is 0 Å². The number of aryl methyl sites for hydroxylation is 1. The van der Waals surface area contributed by atoms with E-state index in [1.165, 1.54) is 16.5 Å². The molecule has 1 aromatic carbocycles. The lowest BCUT2D eigenvalue weighted by Gasteiger charge is -2.35. The summed E-state index contributed by atoms with van der Waals surface area (Å²) >= 11 is 0. The zero-order valence-electron chi connectivity index (χ0n) is 29.6. The van der Waals surface area contributed by atoms with Crippen LogP contribution in [0.15, 0.2) is 30.9 Å². The number of hydrogen-bond donors (Lipinski definition) is 3. The molecule has 4 bridgehead atoms. The van der Waals surface area contributed by atoms with E-state index in [2.05, 4.69) is 28.0 Å². The van der Waals surface area contributed by atoms with Crippen molar-refractivity contribution < 1.29 is 41.9 Å². The van der Waals surface area contributed by atoms with Crippen molar-refractivity contribution in [3.8, 4) is 0 Å². The number of fused-ring (bicyclic) bond motifs is 3. The first kappa shape index (κ1) is 36.6. The molecule has 3 aliphatic heterocycles. The molecule has 5 aliphatic rings. The van der Waals surface area contributed by atoms with E-state index < -0.39 is 80.2 Å². The van der Waals surface area contributed by atoms with Crippen LogP contribution >= 0.6 is 0 Å². The molecule has 278 valence electrons. The van der Waals surface area contributed by atoms with Crippen molar-refractivity contribution in [1.82, 2.24) is 25.2 Å². The van der Waals surface area contributed by atoms with Crippen LogP contribution in [0.5, 0.6) is 0 Å². The van der Waals surface area contributed by atoms with Gasteiger partial charge >= 0.3 is 12.2 Å². The number of hydrogen-bond acceptors (Lipinski definition) is 9. The summed E-state index contributed by atoms with van der Waals surface area (Å²) in [7, 11) is -3.90. The Morgan fingerprint density at radius 3 is 2.47 bits per heavy atom. The van der Waals surface area contributed by atoms with Gasteiger partial charge in [0.25, 0.3) is 5.91 Å². The Labute approximate surface area is 299 Å². The molecular formula is C36H49N5O9S. The summed E-state index contributed by atoms with van der Waals surface area (Å²) in [4.78, 5) is 71.3. The molecule has 3 N–H and O–H groups in total. The van der Waals surface area contributed by atoms with Gasteiger partial charge in [0.1, 0.15) is 23.7 Å². The SMILES string of the molecule is C=C[C@@H]1C[C@]1(NC(=O)[C@@H]1C[C@@H]2CN1C(=O)[C@H](C(C)(C)C)NC(=O)OCCCCCCc1cccc3c1CN(C3)C(=O)O2)C(=O)NS(=O)(=O)C1CC1. The van der Waals surface area contributed by atoms with Crippen LogP contribution in [-0.4, -0.2) is 90.3 Å². The molecule has 3 fully saturated rings. The molecule has 51 heavy (non-hydrogen) atoms. The minimum Gasteiger partial charge on any atom is -0.450 e. The maximum atomic E-state index is 14.4. The average molecular weight is 728 g/mol. The molecular weight excluding hydrogens is 678 g/mol. The monoisotopic (exact) mass is 727 g/mol. The Kier molecular flexibility index (Phi) is 10.1. The number of carbonyl (C=O) groups excluding carboxylic acids is 5. The van der Waals surface area contributed by atoms with E-state index in [0.29, 0.717) is 32.4 Å². The summed E-state index contributed by atoms with van der Waals surface area (Å²) in [5.41, 5.74) is 0.945. The fraction of sp³-hybridized carbons (Fsp3) is 0.639. The van der Waals surface area contributed by atoms with E-state index >= 15 is 0 Å². The largest absolute Gasteiger partial charge is 0.450 e. The van der Waals surface area contributed by atoms with Crippen LogP contribution in [0, 0.1) is 11.3 Å². The highest BCUT2D eigenvalue weighted by Crippen LogP contribution is 2.45. The third kappa shape index (κ3) is 7.87. The van der Waals surface area contributed by atoms with Crippen molar-refractivity contribution in [2.75, 3.05) is 13.2 Å². The smallest absolute Gasteiger partial charge is 0.410 e. The Hall–Kier alpha value is -4.14. The standard InChI is InChI=1S/C36H49N5O9S/c1-5-24-18-36(24,32(44)39-51(47,48)26-14-15-26)38-30(42)28-17-25-20-41(28)31(43)29(35(2,3)4)37-33(45)49-16-9-7-6-8-11-22-12-10-13-23-19-40(21-27(22)23)34(46)50-25/h5,10,12-13,24-26,28-29H,1,6-9,11,14-21H2,2-4H3,(H,37,45)(H,38,42)(H,39,44)/t24-,25-,28+,29-,36-/m1/s1. The Morgan fingerprint density at radius 2 is 1.78 bits per heavy atom. The van der Waals surface area contributed by atoms with Crippen LogP contribution in [0.2, 0.25) is 0 Å². The summed E-state index contributed by atoms with van der Waals surface area (Å²) in [5.74, 6) is -2.69. The van der Waals surface area contributed by atoms with Gasteiger partial charge < -0.3 is 25.0 Å². The van der Waals surface area contributed by atoms with Crippen LogP contribution < -0.4 is 15.4 Å². The first-order chi connectivity index (χ1) is 24.1. The number of amides is 5. The van der Waals surface area contributed by atoms with Gasteiger partial charge in [-0.3, -0.25) is 24.0 Å². The van der Waals surface area contributed by atoms with Crippen molar-refractivity contribution in [3.63, 3.8) is 0 Å². The van der Waals surface area contributed by atoms with Gasteiger partial charge in [-0.05, 0) is 60.6 Å². The number of ether oxygens (including phenoxy) is 2.